The van der Waals surface area contributed by atoms with Gasteiger partial charge in [-0.05, 0) is 13.8 Å². The van der Waals surface area contributed by atoms with Crippen molar-refractivity contribution in [2.45, 2.75) is 25.2 Å². The third-order valence-electron chi connectivity index (χ3n) is 6.14. The second-order valence-corrected chi connectivity index (χ2v) is 7.73. The number of urea groups is 2. The van der Waals surface area contributed by atoms with E-state index in [2.05, 4.69) is 10.6 Å². The summed E-state index contributed by atoms with van der Waals surface area (Å²) in [5.41, 5.74) is -0.301. The Morgan fingerprint density at radius 2 is 1.12 bits per heavy atom. The van der Waals surface area contributed by atoms with Crippen molar-refractivity contribution in [2.24, 2.45) is 0 Å². The monoisotopic (exact) mass is 438 g/mol. The zero-order valence-electron chi connectivity index (χ0n) is 18.5. The van der Waals surface area contributed by atoms with Gasteiger partial charge in [-0.3, -0.25) is 9.80 Å². The Balaban J connectivity index is 0.000000354. The van der Waals surface area contributed by atoms with E-state index in [9.17, 15) is 9.59 Å². The lowest BCUT2D eigenvalue weighted by atomic mass is 9.81. The number of carbonyl (C=O) groups excluding carboxylic acids is 2. The molecule has 3 aliphatic heterocycles. The number of carbonyl (C=O) groups is 2. The minimum atomic E-state index is -1.06. The van der Waals surface area contributed by atoms with Crippen LogP contribution in [0.25, 0.3) is 0 Å². The molecule has 8 heteroatoms. The predicted octanol–water partition coefficient (Wildman–Crippen LogP) is 2.82. The average molecular weight is 439 g/mol. The molecule has 170 valence electrons. The molecular formula is C24H30N4O4. The van der Waals surface area contributed by atoms with Gasteiger partial charge in [0.15, 0.2) is 11.3 Å². The van der Waals surface area contributed by atoms with Gasteiger partial charge >= 0.3 is 12.1 Å². The Morgan fingerprint density at radius 1 is 0.719 bits per heavy atom. The van der Waals surface area contributed by atoms with Gasteiger partial charge in [0.05, 0.1) is 26.4 Å². The largest absolute Gasteiger partial charge is 0.377 e. The Morgan fingerprint density at radius 3 is 1.50 bits per heavy atom. The van der Waals surface area contributed by atoms with Gasteiger partial charge in [-0.2, -0.15) is 0 Å². The molecule has 3 heterocycles. The lowest BCUT2D eigenvalue weighted by molar-refractivity contribution is -0.0334. The molecule has 0 aliphatic carbocycles. The third kappa shape index (κ3) is 3.30. The van der Waals surface area contributed by atoms with Crippen molar-refractivity contribution in [3.63, 3.8) is 0 Å². The van der Waals surface area contributed by atoms with E-state index in [0.29, 0.717) is 13.1 Å². The average Bonchev–Trinajstić information content (AvgIpc) is 3.25. The molecule has 4 amide bonds. The first-order valence-electron chi connectivity index (χ1n) is 11.1. The summed E-state index contributed by atoms with van der Waals surface area (Å²) in [5.74, 6) is 0. The van der Waals surface area contributed by atoms with E-state index in [1.54, 1.807) is 9.80 Å². The molecule has 3 fully saturated rings. The molecule has 8 nitrogen and oxygen atoms in total. The smallest absolute Gasteiger partial charge is 0.321 e. The van der Waals surface area contributed by atoms with Crippen LogP contribution < -0.4 is 10.6 Å². The maximum atomic E-state index is 13.0. The first-order valence-corrected chi connectivity index (χ1v) is 11.1. The Kier molecular flexibility index (Phi) is 6.34. The molecule has 0 aromatic heterocycles. The van der Waals surface area contributed by atoms with E-state index in [4.69, 9.17) is 9.47 Å². The summed E-state index contributed by atoms with van der Waals surface area (Å²) in [5, 5.41) is 6.19. The molecule has 2 N–H and O–H groups in total. The summed E-state index contributed by atoms with van der Waals surface area (Å²) in [6.07, 6.45) is 0. The highest BCUT2D eigenvalue weighted by molar-refractivity contribution is 5.89. The summed E-state index contributed by atoms with van der Waals surface area (Å²) in [6, 6.07) is 19.0. The molecule has 5 rings (SSSR count). The normalized spacial score (nSPS) is 26.7. The Hall–Kier alpha value is -3.10. The first-order chi connectivity index (χ1) is 15.6. The zero-order chi connectivity index (χ0) is 22.6. The number of ether oxygens (including phenoxy) is 2. The van der Waals surface area contributed by atoms with Crippen LogP contribution in [0.2, 0.25) is 0 Å². The molecule has 3 aliphatic rings. The van der Waals surface area contributed by atoms with E-state index >= 15 is 0 Å². The number of hydrogen-bond acceptors (Lipinski definition) is 4. The summed E-state index contributed by atoms with van der Waals surface area (Å²) in [7, 11) is 0. The molecule has 0 bridgehead atoms. The fraction of sp³-hybridized carbons (Fsp3) is 0.417. The number of fused-ring (bicyclic) bond motifs is 1. The predicted molar refractivity (Wildman–Crippen MR) is 120 cm³/mol. The summed E-state index contributed by atoms with van der Waals surface area (Å²) < 4.78 is 9.89. The van der Waals surface area contributed by atoms with E-state index in [1.807, 2.05) is 74.5 Å². The topological polar surface area (TPSA) is 83.1 Å². The number of nitrogens with zero attached hydrogens (tertiary/aromatic N) is 2. The van der Waals surface area contributed by atoms with Crippen molar-refractivity contribution in [1.29, 1.82) is 0 Å². The molecule has 0 saturated carbocycles. The third-order valence-corrected chi connectivity index (χ3v) is 6.14. The minimum Gasteiger partial charge on any atom is -0.377 e. The van der Waals surface area contributed by atoms with Crippen molar-refractivity contribution in [1.82, 2.24) is 20.4 Å². The second kappa shape index (κ2) is 9.18. The zero-order valence-corrected chi connectivity index (χ0v) is 18.5. The van der Waals surface area contributed by atoms with Gasteiger partial charge in [0.25, 0.3) is 0 Å². The van der Waals surface area contributed by atoms with E-state index < -0.39 is 11.3 Å². The summed E-state index contributed by atoms with van der Waals surface area (Å²) in [6.45, 7) is 7.92. The number of hydrogen-bond donors (Lipinski definition) is 2. The van der Waals surface area contributed by atoms with Crippen LogP contribution in [0.4, 0.5) is 9.59 Å². The molecule has 0 spiro atoms. The SMILES string of the molecule is C1COCCO1.CCN1C(=O)NC2(c3ccccc3)NC(=O)N(CC)C12c1ccccc1. The van der Waals surface area contributed by atoms with Gasteiger partial charge in [-0.15, -0.1) is 0 Å². The van der Waals surface area contributed by atoms with Crippen molar-refractivity contribution >= 4 is 12.1 Å². The number of nitrogens with one attached hydrogen (secondary N) is 2. The van der Waals surface area contributed by atoms with Crippen LogP contribution in [0.3, 0.4) is 0 Å². The van der Waals surface area contributed by atoms with Gasteiger partial charge in [0, 0.05) is 24.2 Å². The number of benzene rings is 2. The van der Waals surface area contributed by atoms with Gasteiger partial charge < -0.3 is 20.1 Å². The molecule has 2 aromatic rings. The van der Waals surface area contributed by atoms with Crippen LogP contribution in [-0.2, 0) is 20.8 Å². The van der Waals surface area contributed by atoms with E-state index in [0.717, 1.165) is 37.6 Å². The van der Waals surface area contributed by atoms with Crippen molar-refractivity contribution < 1.29 is 19.1 Å². The molecular weight excluding hydrogens is 408 g/mol. The number of rotatable bonds is 4. The Labute approximate surface area is 188 Å². The van der Waals surface area contributed by atoms with Crippen molar-refractivity contribution in [3.05, 3.63) is 71.8 Å². The van der Waals surface area contributed by atoms with E-state index in [-0.39, 0.29) is 12.1 Å². The van der Waals surface area contributed by atoms with Crippen LogP contribution in [0.15, 0.2) is 60.7 Å². The first kappa shape index (κ1) is 22.1. The molecule has 0 unspecified atom stereocenters. The quantitative estimate of drug-likeness (QED) is 0.769. The van der Waals surface area contributed by atoms with Crippen LogP contribution in [0, 0.1) is 0 Å². The second-order valence-electron chi connectivity index (χ2n) is 7.73. The van der Waals surface area contributed by atoms with Crippen LogP contribution in [0.5, 0.6) is 0 Å². The standard InChI is InChI=1S/C20H22N4O2.C4H8O2/c1-3-23-17(25)21-19(15-11-7-5-8-12-15)20(23,16-13-9-6-10-14-16)24(4-2)18(26)22-19;1-2-6-4-3-5-1/h5-14H,3-4H2,1-2H3,(H,21,25)(H,22,26);1-4H2. The highest BCUT2D eigenvalue weighted by Crippen LogP contribution is 2.53. The molecule has 2 aromatic carbocycles. The van der Waals surface area contributed by atoms with Gasteiger partial charge in [-0.25, -0.2) is 9.59 Å². The molecule has 32 heavy (non-hydrogen) atoms. The van der Waals surface area contributed by atoms with Crippen LogP contribution in [-0.4, -0.2) is 61.4 Å². The molecule has 0 atom stereocenters. The van der Waals surface area contributed by atoms with Crippen LogP contribution >= 0.6 is 0 Å². The fourth-order valence-electron chi connectivity index (χ4n) is 4.92. The number of amides is 4. The van der Waals surface area contributed by atoms with E-state index in [1.165, 1.54) is 0 Å². The maximum absolute atomic E-state index is 13.0. The lowest BCUT2D eigenvalue weighted by Crippen LogP contribution is -2.62. The fourth-order valence-corrected chi connectivity index (χ4v) is 4.92. The maximum Gasteiger partial charge on any atom is 0.321 e. The van der Waals surface area contributed by atoms with Gasteiger partial charge in [-0.1, -0.05) is 60.7 Å². The van der Waals surface area contributed by atoms with Crippen LogP contribution in [0.1, 0.15) is 25.0 Å². The summed E-state index contributed by atoms with van der Waals surface area (Å²) in [4.78, 5) is 29.5. The summed E-state index contributed by atoms with van der Waals surface area (Å²) >= 11 is 0. The molecule has 0 radical (unpaired) electrons. The molecule has 3 saturated heterocycles. The van der Waals surface area contributed by atoms with Crippen molar-refractivity contribution in [3.8, 4) is 0 Å². The minimum absolute atomic E-state index is 0.196. The highest BCUT2D eigenvalue weighted by atomic mass is 16.6. The number of likely N-dealkylation sites (N-methyl/N-ethyl adjacent to an activating group) is 2. The van der Waals surface area contributed by atoms with Gasteiger partial charge in [0.1, 0.15) is 0 Å². The van der Waals surface area contributed by atoms with Gasteiger partial charge in [0.2, 0.25) is 0 Å². The Bertz CT molecular complexity index is 896. The highest BCUT2D eigenvalue weighted by Gasteiger charge is 2.73. The van der Waals surface area contributed by atoms with Crippen molar-refractivity contribution in [2.75, 3.05) is 39.5 Å². The lowest BCUT2D eigenvalue weighted by Gasteiger charge is -2.46.